The molecule has 4 N–H and O–H groups in total. The standard InChI is InChI=1S/C27H36N8O3S/c1-16(2)30-21-13-23(31-18-6-7-20-22(12-18)39-15-29-20)28-14-19(21)24-33-34-25(37-24)32-17-8-10-35(11-9-17)26(36)38-27(3,4)5/h6-7,12-17,25,32,34H,8-11H2,1-5H3,(H2,28,30,31). The highest BCUT2D eigenvalue weighted by Crippen LogP contribution is 2.27. The first-order chi connectivity index (χ1) is 18.6. The third-order valence-electron chi connectivity index (χ3n) is 6.23. The normalized spacial score (nSPS) is 18.1. The second-order valence-corrected chi connectivity index (χ2v) is 11.9. The summed E-state index contributed by atoms with van der Waals surface area (Å²) in [5.74, 6) is 1.18. The van der Waals surface area contributed by atoms with E-state index in [0.29, 0.717) is 24.8 Å². The fraction of sp³-hybridized carbons (Fsp3) is 0.481. The Hall–Kier alpha value is -3.64. The second-order valence-electron chi connectivity index (χ2n) is 11.0. The maximum Gasteiger partial charge on any atom is 0.410 e. The number of nitrogens with one attached hydrogen (secondary N) is 4. The lowest BCUT2D eigenvalue weighted by Gasteiger charge is -2.34. The van der Waals surface area contributed by atoms with Crippen molar-refractivity contribution in [3.8, 4) is 0 Å². The number of benzene rings is 1. The highest BCUT2D eigenvalue weighted by atomic mass is 32.1. The van der Waals surface area contributed by atoms with Crippen molar-refractivity contribution in [3.63, 3.8) is 0 Å². The lowest BCUT2D eigenvalue weighted by Crippen LogP contribution is -2.51. The topological polar surface area (TPSA) is 125 Å². The summed E-state index contributed by atoms with van der Waals surface area (Å²) in [4.78, 5) is 23.1. The van der Waals surface area contributed by atoms with Crippen molar-refractivity contribution in [1.29, 1.82) is 0 Å². The van der Waals surface area contributed by atoms with Crippen LogP contribution in [-0.2, 0) is 9.47 Å². The van der Waals surface area contributed by atoms with Gasteiger partial charge >= 0.3 is 6.09 Å². The molecule has 0 bridgehead atoms. The van der Waals surface area contributed by atoms with Gasteiger partial charge in [0.2, 0.25) is 12.2 Å². The number of hydrogen-bond donors (Lipinski definition) is 4. The van der Waals surface area contributed by atoms with Crippen LogP contribution >= 0.6 is 11.3 Å². The number of likely N-dealkylation sites (tertiary alicyclic amines) is 1. The maximum absolute atomic E-state index is 12.3. The van der Waals surface area contributed by atoms with Crippen molar-refractivity contribution in [2.24, 2.45) is 5.10 Å². The van der Waals surface area contributed by atoms with Gasteiger partial charge in [0.25, 0.3) is 0 Å². The van der Waals surface area contributed by atoms with Gasteiger partial charge in [-0.05, 0) is 65.7 Å². The van der Waals surface area contributed by atoms with E-state index < -0.39 is 12.0 Å². The van der Waals surface area contributed by atoms with Gasteiger partial charge in [0.15, 0.2) is 0 Å². The number of carbonyl (C=O) groups excluding carboxylic acids is 1. The molecular weight excluding hydrogens is 516 g/mol. The van der Waals surface area contributed by atoms with Crippen LogP contribution in [0.1, 0.15) is 53.0 Å². The second kappa shape index (κ2) is 11.2. The molecule has 3 aromatic rings. The lowest BCUT2D eigenvalue weighted by molar-refractivity contribution is 0.0178. The van der Waals surface area contributed by atoms with Crippen LogP contribution in [0.2, 0.25) is 0 Å². The predicted octanol–water partition coefficient (Wildman–Crippen LogP) is 4.81. The number of pyridine rings is 1. The Morgan fingerprint density at radius 1 is 1.21 bits per heavy atom. The number of thiazole rings is 1. The maximum atomic E-state index is 12.3. The van der Waals surface area contributed by atoms with E-state index in [1.807, 2.05) is 44.5 Å². The van der Waals surface area contributed by atoms with E-state index in [1.54, 1.807) is 22.4 Å². The zero-order chi connectivity index (χ0) is 27.6. The molecule has 39 heavy (non-hydrogen) atoms. The van der Waals surface area contributed by atoms with E-state index in [1.165, 1.54) is 0 Å². The van der Waals surface area contributed by atoms with Gasteiger partial charge in [-0.3, -0.25) is 10.7 Å². The Kier molecular flexibility index (Phi) is 7.76. The molecular formula is C27H36N8O3S. The van der Waals surface area contributed by atoms with Crippen LogP contribution in [0.15, 0.2) is 41.1 Å². The molecule has 12 heteroatoms. The van der Waals surface area contributed by atoms with Crippen molar-refractivity contribution in [2.75, 3.05) is 23.7 Å². The summed E-state index contributed by atoms with van der Waals surface area (Å²) in [5.41, 5.74) is 7.95. The Morgan fingerprint density at radius 3 is 2.74 bits per heavy atom. The van der Waals surface area contributed by atoms with Crippen molar-refractivity contribution in [3.05, 3.63) is 41.5 Å². The summed E-state index contributed by atoms with van der Waals surface area (Å²) < 4.78 is 12.7. The predicted molar refractivity (Wildman–Crippen MR) is 154 cm³/mol. The molecule has 2 aliphatic heterocycles. The van der Waals surface area contributed by atoms with Crippen LogP contribution in [0.25, 0.3) is 10.2 Å². The monoisotopic (exact) mass is 552 g/mol. The molecule has 1 saturated heterocycles. The largest absolute Gasteiger partial charge is 0.444 e. The van der Waals surface area contributed by atoms with Gasteiger partial charge in [-0.1, -0.05) is 0 Å². The minimum atomic E-state index is -0.496. The summed E-state index contributed by atoms with van der Waals surface area (Å²) >= 11 is 1.61. The number of hydrazone groups is 1. The third-order valence-corrected chi connectivity index (χ3v) is 7.02. The molecule has 0 spiro atoms. The average Bonchev–Trinajstić information content (AvgIpc) is 3.52. The molecule has 1 unspecified atom stereocenters. The molecule has 5 rings (SSSR count). The molecule has 4 heterocycles. The molecule has 1 amide bonds. The number of ether oxygens (including phenoxy) is 2. The molecule has 2 aliphatic rings. The molecule has 0 radical (unpaired) electrons. The van der Waals surface area contributed by atoms with Crippen molar-refractivity contribution < 1.29 is 14.3 Å². The van der Waals surface area contributed by atoms with E-state index in [-0.39, 0.29) is 18.2 Å². The van der Waals surface area contributed by atoms with Gasteiger partial charge in [0.05, 0.1) is 27.0 Å². The number of nitrogens with zero attached hydrogens (tertiary/aromatic N) is 4. The fourth-order valence-corrected chi connectivity index (χ4v) is 5.17. The van der Waals surface area contributed by atoms with Crippen LogP contribution in [0.5, 0.6) is 0 Å². The molecule has 0 saturated carbocycles. The van der Waals surface area contributed by atoms with E-state index in [2.05, 4.69) is 56.4 Å². The number of anilines is 3. The smallest absolute Gasteiger partial charge is 0.410 e. The number of carbonyl (C=O) groups is 1. The summed E-state index contributed by atoms with van der Waals surface area (Å²) in [7, 11) is 0. The number of aromatic nitrogens is 2. The molecule has 208 valence electrons. The molecule has 1 atom stereocenters. The number of amides is 1. The van der Waals surface area contributed by atoms with E-state index in [0.717, 1.165) is 40.0 Å². The highest BCUT2D eigenvalue weighted by molar-refractivity contribution is 7.16. The molecule has 1 fully saturated rings. The number of fused-ring (bicyclic) bond motifs is 1. The lowest BCUT2D eigenvalue weighted by atomic mass is 10.1. The number of rotatable bonds is 7. The number of piperidine rings is 1. The molecule has 11 nitrogen and oxygen atoms in total. The van der Waals surface area contributed by atoms with Gasteiger partial charge in [-0.2, -0.15) is 0 Å². The van der Waals surface area contributed by atoms with Gasteiger partial charge in [0.1, 0.15) is 11.4 Å². The average molecular weight is 553 g/mol. The summed E-state index contributed by atoms with van der Waals surface area (Å²) in [6.45, 7) is 11.1. The zero-order valence-corrected chi connectivity index (χ0v) is 23.8. The zero-order valence-electron chi connectivity index (χ0n) is 22.9. The van der Waals surface area contributed by atoms with Crippen LogP contribution in [0.3, 0.4) is 0 Å². The van der Waals surface area contributed by atoms with Crippen molar-refractivity contribution in [1.82, 2.24) is 25.6 Å². The van der Waals surface area contributed by atoms with Gasteiger partial charge in [0, 0.05) is 43.1 Å². The summed E-state index contributed by atoms with van der Waals surface area (Å²) in [5, 5.41) is 14.8. The first-order valence-corrected chi connectivity index (χ1v) is 14.1. The first kappa shape index (κ1) is 26.9. The Labute approximate surface area is 232 Å². The molecule has 2 aromatic heterocycles. The van der Waals surface area contributed by atoms with E-state index in [4.69, 9.17) is 9.47 Å². The highest BCUT2D eigenvalue weighted by Gasteiger charge is 2.30. The van der Waals surface area contributed by atoms with Crippen molar-refractivity contribution in [2.45, 2.75) is 71.5 Å². The molecule has 0 aliphatic carbocycles. The van der Waals surface area contributed by atoms with Gasteiger partial charge < -0.3 is 25.0 Å². The van der Waals surface area contributed by atoms with Crippen molar-refractivity contribution >= 4 is 50.7 Å². The van der Waals surface area contributed by atoms with Crippen LogP contribution in [0, 0.1) is 0 Å². The third kappa shape index (κ3) is 6.87. The van der Waals surface area contributed by atoms with Gasteiger partial charge in [-0.15, -0.1) is 16.4 Å². The minimum absolute atomic E-state index is 0.185. The quantitative estimate of drug-likeness (QED) is 0.327. The molecule has 1 aromatic carbocycles. The fourth-order valence-electron chi connectivity index (χ4n) is 4.45. The summed E-state index contributed by atoms with van der Waals surface area (Å²) in [6, 6.07) is 8.41. The Morgan fingerprint density at radius 2 is 2.00 bits per heavy atom. The van der Waals surface area contributed by atoms with Crippen LogP contribution in [-0.4, -0.2) is 64.0 Å². The van der Waals surface area contributed by atoms with Crippen LogP contribution in [0.4, 0.5) is 22.0 Å². The Bertz CT molecular complexity index is 1340. The first-order valence-electron chi connectivity index (χ1n) is 13.2. The Balaban J connectivity index is 1.19. The number of hydrogen-bond acceptors (Lipinski definition) is 11. The van der Waals surface area contributed by atoms with Crippen LogP contribution < -0.4 is 21.4 Å². The minimum Gasteiger partial charge on any atom is -0.444 e. The SMILES string of the molecule is CC(C)Nc1cc(Nc2ccc3ncsc3c2)ncc1C1=NNC(NC2CCN(C(=O)OC(C)(C)C)CC2)O1. The van der Waals surface area contributed by atoms with E-state index >= 15 is 0 Å². The van der Waals surface area contributed by atoms with E-state index in [9.17, 15) is 4.79 Å². The summed E-state index contributed by atoms with van der Waals surface area (Å²) in [6.07, 6.45) is 2.63. The van der Waals surface area contributed by atoms with Gasteiger partial charge in [-0.25, -0.2) is 14.8 Å².